The van der Waals surface area contributed by atoms with Gasteiger partial charge in [-0.15, -0.1) is 0 Å². The topological polar surface area (TPSA) is 62.7 Å². The first-order valence-corrected chi connectivity index (χ1v) is 11.2. The quantitative estimate of drug-likeness (QED) is 0.424. The number of pyridine rings is 1. The van der Waals surface area contributed by atoms with Gasteiger partial charge in [0.15, 0.2) is 11.5 Å². The third-order valence-electron chi connectivity index (χ3n) is 4.82. The highest BCUT2D eigenvalue weighted by Gasteiger charge is 2.07. The Hall–Kier alpha value is -3.30. The van der Waals surface area contributed by atoms with E-state index in [2.05, 4.69) is 65.9 Å². The van der Waals surface area contributed by atoms with E-state index < -0.39 is 0 Å². The molecular weight excluding hydrogens is 389 g/mol. The van der Waals surface area contributed by atoms with E-state index >= 15 is 0 Å². The van der Waals surface area contributed by atoms with Gasteiger partial charge in [-0.2, -0.15) is 0 Å². The van der Waals surface area contributed by atoms with Gasteiger partial charge in [-0.3, -0.25) is 0 Å². The zero-order valence-electron chi connectivity index (χ0n) is 17.3. The molecule has 2 aromatic heterocycles. The van der Waals surface area contributed by atoms with Gasteiger partial charge in [-0.25, -0.2) is 15.0 Å². The van der Waals surface area contributed by atoms with E-state index in [0.29, 0.717) is 17.3 Å². The molecule has 0 spiro atoms. The summed E-state index contributed by atoms with van der Waals surface area (Å²) in [5, 5.41) is 7.77. The van der Waals surface area contributed by atoms with E-state index in [1.54, 1.807) is 6.20 Å². The number of anilines is 2. The van der Waals surface area contributed by atoms with Gasteiger partial charge in [-0.05, 0) is 61.7 Å². The largest absolute Gasteiger partial charge is 0.342 e. The van der Waals surface area contributed by atoms with Crippen LogP contribution in [-0.2, 0) is 0 Å². The van der Waals surface area contributed by atoms with Gasteiger partial charge in [-0.1, -0.05) is 45.0 Å². The number of hydrogen-bond donors (Lipinski definition) is 2. The molecule has 2 heterocycles. The van der Waals surface area contributed by atoms with Crippen LogP contribution < -0.4 is 15.9 Å². The van der Waals surface area contributed by atoms with E-state index in [1.165, 1.54) is 16.4 Å². The Bertz CT molecular complexity index is 1220. The summed E-state index contributed by atoms with van der Waals surface area (Å²) in [4.78, 5) is 13.8. The number of rotatable bonds is 6. The van der Waals surface area contributed by atoms with Crippen LogP contribution in [0.2, 0.25) is 0 Å². The van der Waals surface area contributed by atoms with Crippen molar-refractivity contribution >= 4 is 36.6 Å². The normalized spacial score (nSPS) is 11.2. The number of fused-ring (bicyclic) bond motifs is 1. The molecule has 2 N–H and O–H groups in total. The summed E-state index contributed by atoms with van der Waals surface area (Å²) in [5.74, 6) is 1.21. The Labute approximate surface area is 178 Å². The van der Waals surface area contributed by atoms with Crippen molar-refractivity contribution in [2.75, 3.05) is 17.3 Å². The molecule has 6 heteroatoms. The number of hydrogen-bond acceptors (Lipinski definition) is 5. The molecule has 0 fully saturated rings. The lowest BCUT2D eigenvalue weighted by atomic mass is 10.1. The van der Waals surface area contributed by atoms with Crippen molar-refractivity contribution in [2.45, 2.75) is 13.8 Å². The highest BCUT2D eigenvalue weighted by Crippen LogP contribution is 2.22. The standard InChI is InChI=1S/C24H24N5P/c1-15-5-8-19(9-6-15)26-17(3)27-23-14-25-21-11-10-20(28-24(21)29-23)18-7-12-22(30-4)16(2)13-18/h5-14,26,30H,3H2,1-2,4H3,(H,27,28,29). The maximum absolute atomic E-state index is 4.74. The number of nitrogens with one attached hydrogen (secondary N) is 2. The van der Waals surface area contributed by atoms with Crippen LogP contribution in [0.1, 0.15) is 11.1 Å². The molecule has 5 nitrogen and oxygen atoms in total. The number of benzene rings is 2. The van der Waals surface area contributed by atoms with Gasteiger partial charge in [0.05, 0.1) is 11.9 Å². The van der Waals surface area contributed by atoms with E-state index in [4.69, 9.17) is 4.98 Å². The predicted molar refractivity (Wildman–Crippen MR) is 129 cm³/mol. The Morgan fingerprint density at radius 2 is 1.73 bits per heavy atom. The zero-order valence-corrected chi connectivity index (χ0v) is 18.3. The first-order valence-electron chi connectivity index (χ1n) is 9.74. The highest BCUT2D eigenvalue weighted by atomic mass is 31.1. The van der Waals surface area contributed by atoms with Crippen molar-refractivity contribution in [1.29, 1.82) is 0 Å². The molecule has 30 heavy (non-hydrogen) atoms. The second-order valence-corrected chi connectivity index (χ2v) is 8.21. The Morgan fingerprint density at radius 1 is 0.933 bits per heavy atom. The van der Waals surface area contributed by atoms with Gasteiger partial charge in [0.1, 0.15) is 11.3 Å². The molecule has 0 amide bonds. The molecule has 1 unspecified atom stereocenters. The molecule has 150 valence electrons. The first-order chi connectivity index (χ1) is 14.5. The van der Waals surface area contributed by atoms with Crippen molar-refractivity contribution in [2.24, 2.45) is 0 Å². The summed E-state index contributed by atoms with van der Waals surface area (Å²) in [6.07, 6.45) is 1.69. The third kappa shape index (κ3) is 4.47. The van der Waals surface area contributed by atoms with Crippen LogP contribution in [0, 0.1) is 13.8 Å². The van der Waals surface area contributed by atoms with Gasteiger partial charge in [0, 0.05) is 11.3 Å². The summed E-state index contributed by atoms with van der Waals surface area (Å²) < 4.78 is 0. The van der Waals surface area contributed by atoms with E-state index in [-0.39, 0.29) is 0 Å². The van der Waals surface area contributed by atoms with Crippen molar-refractivity contribution in [1.82, 2.24) is 15.0 Å². The smallest absolute Gasteiger partial charge is 0.180 e. The van der Waals surface area contributed by atoms with Crippen molar-refractivity contribution in [3.05, 3.63) is 84.3 Å². The lowest BCUT2D eigenvalue weighted by Gasteiger charge is -2.12. The molecule has 1 atom stereocenters. The molecule has 2 aromatic carbocycles. The molecule has 4 rings (SSSR count). The van der Waals surface area contributed by atoms with Gasteiger partial charge in [0.25, 0.3) is 0 Å². The fraction of sp³-hybridized carbons (Fsp3) is 0.125. The first kappa shape index (κ1) is 20.0. The Morgan fingerprint density at radius 3 is 2.47 bits per heavy atom. The molecular formula is C24H24N5P. The van der Waals surface area contributed by atoms with Crippen molar-refractivity contribution < 1.29 is 0 Å². The summed E-state index contributed by atoms with van der Waals surface area (Å²) in [6.45, 7) is 10.4. The van der Waals surface area contributed by atoms with Gasteiger partial charge >= 0.3 is 0 Å². The van der Waals surface area contributed by atoms with Crippen LogP contribution in [0.4, 0.5) is 11.5 Å². The van der Waals surface area contributed by atoms with E-state index in [9.17, 15) is 0 Å². The molecule has 0 radical (unpaired) electrons. The van der Waals surface area contributed by atoms with Crippen LogP contribution in [0.5, 0.6) is 0 Å². The van der Waals surface area contributed by atoms with Crippen molar-refractivity contribution in [3.8, 4) is 11.3 Å². The monoisotopic (exact) mass is 413 g/mol. The van der Waals surface area contributed by atoms with Gasteiger partial charge in [0.2, 0.25) is 0 Å². The average Bonchev–Trinajstić information content (AvgIpc) is 2.74. The third-order valence-corrected chi connectivity index (χ3v) is 5.92. The van der Waals surface area contributed by atoms with Gasteiger partial charge < -0.3 is 10.6 Å². The summed E-state index contributed by atoms with van der Waals surface area (Å²) >= 11 is 0. The lowest BCUT2D eigenvalue weighted by Crippen LogP contribution is -2.09. The minimum absolute atomic E-state index is 0.593. The van der Waals surface area contributed by atoms with Crippen LogP contribution in [0.15, 0.2) is 73.2 Å². The molecule has 0 aliphatic rings. The van der Waals surface area contributed by atoms with E-state index in [1.807, 2.05) is 36.4 Å². The average molecular weight is 413 g/mol. The lowest BCUT2D eigenvalue weighted by molar-refractivity contribution is 1.20. The Balaban J connectivity index is 1.56. The van der Waals surface area contributed by atoms with E-state index in [0.717, 1.165) is 31.0 Å². The molecule has 0 aliphatic heterocycles. The number of nitrogens with zero attached hydrogens (tertiary/aromatic N) is 3. The minimum atomic E-state index is 0.593. The molecule has 0 bridgehead atoms. The number of aromatic nitrogens is 3. The summed E-state index contributed by atoms with van der Waals surface area (Å²) in [6, 6.07) is 18.5. The predicted octanol–water partition coefficient (Wildman–Crippen LogP) is 5.24. The van der Waals surface area contributed by atoms with Crippen LogP contribution >= 0.6 is 8.58 Å². The SMILES string of the molecule is C=C(Nc1ccc(C)cc1)Nc1cnc2ccc(-c3ccc(PC)c(C)c3)nc2n1. The second-order valence-electron chi connectivity index (χ2n) is 7.17. The molecule has 0 aliphatic carbocycles. The summed E-state index contributed by atoms with van der Waals surface area (Å²) in [5.41, 5.74) is 6.78. The summed E-state index contributed by atoms with van der Waals surface area (Å²) in [7, 11) is 0.786. The molecule has 0 saturated heterocycles. The Kier molecular flexibility index (Phi) is 5.73. The van der Waals surface area contributed by atoms with Crippen LogP contribution in [-0.4, -0.2) is 21.6 Å². The van der Waals surface area contributed by atoms with Crippen molar-refractivity contribution in [3.63, 3.8) is 0 Å². The molecule has 4 aromatic rings. The fourth-order valence-electron chi connectivity index (χ4n) is 3.22. The van der Waals surface area contributed by atoms with Crippen LogP contribution in [0.25, 0.3) is 22.4 Å². The molecule has 0 saturated carbocycles. The maximum atomic E-state index is 4.74. The maximum Gasteiger partial charge on any atom is 0.180 e. The fourth-order valence-corrected chi connectivity index (χ4v) is 3.94. The second kappa shape index (κ2) is 8.60. The van der Waals surface area contributed by atoms with Crippen LogP contribution in [0.3, 0.4) is 0 Å². The minimum Gasteiger partial charge on any atom is -0.342 e. The highest BCUT2D eigenvalue weighted by molar-refractivity contribution is 7.46. The number of aryl methyl sites for hydroxylation is 2. The zero-order chi connectivity index (χ0) is 21.1.